The molecule has 0 heterocycles. The molecule has 0 saturated heterocycles. The molecule has 1 saturated carbocycles. The molecule has 1 aliphatic carbocycles. The Morgan fingerprint density at radius 2 is 2.29 bits per heavy atom. The fraction of sp³-hybridized carbons (Fsp3) is 0.500. The highest BCUT2D eigenvalue weighted by atomic mass is 35.5. The van der Waals surface area contributed by atoms with Crippen molar-refractivity contribution in [2.75, 3.05) is 6.54 Å². The summed E-state index contributed by atoms with van der Waals surface area (Å²) in [6.07, 6.45) is 1.25. The van der Waals surface area contributed by atoms with E-state index in [2.05, 4.69) is 12.2 Å². The molecule has 2 unspecified atom stereocenters. The van der Waals surface area contributed by atoms with Crippen LogP contribution in [0.1, 0.15) is 18.9 Å². The van der Waals surface area contributed by atoms with Crippen LogP contribution < -0.4 is 5.32 Å². The minimum absolute atomic E-state index is 0.130. The van der Waals surface area contributed by atoms with Crippen LogP contribution in [0.5, 0.6) is 0 Å². The molecule has 4 nitrogen and oxygen atoms in total. The monoisotopic (exact) mass is 254 g/mol. The lowest BCUT2D eigenvalue weighted by Gasteiger charge is -2.05. The van der Waals surface area contributed by atoms with Crippen molar-refractivity contribution in [2.24, 2.45) is 11.8 Å². The summed E-state index contributed by atoms with van der Waals surface area (Å²) in [4.78, 5) is 10.5. The zero-order valence-electron chi connectivity index (χ0n) is 9.65. The molecule has 2 atom stereocenters. The molecule has 2 rings (SSSR count). The maximum Gasteiger partial charge on any atom is 0.273 e. The number of nitro groups is 1. The standard InChI is InChI=1S/C12H15ClN2O2/c1-8-4-9(8)6-14-7-10-5-11(13)2-3-12(10)15(16)17/h2-3,5,8-9,14H,4,6-7H2,1H3. The highest BCUT2D eigenvalue weighted by molar-refractivity contribution is 6.30. The van der Waals surface area contributed by atoms with Crippen LogP contribution in [-0.4, -0.2) is 11.5 Å². The van der Waals surface area contributed by atoms with Gasteiger partial charge in [0.05, 0.1) is 4.92 Å². The number of halogens is 1. The molecule has 0 aromatic heterocycles. The highest BCUT2D eigenvalue weighted by Crippen LogP contribution is 2.36. The van der Waals surface area contributed by atoms with Gasteiger partial charge in [-0.3, -0.25) is 10.1 Å². The van der Waals surface area contributed by atoms with E-state index in [1.165, 1.54) is 12.5 Å². The lowest BCUT2D eigenvalue weighted by Crippen LogP contribution is -2.17. The highest BCUT2D eigenvalue weighted by Gasteiger charge is 2.31. The van der Waals surface area contributed by atoms with Gasteiger partial charge in [-0.2, -0.15) is 0 Å². The molecule has 17 heavy (non-hydrogen) atoms. The maximum absolute atomic E-state index is 10.8. The van der Waals surface area contributed by atoms with Gasteiger partial charge < -0.3 is 5.32 Å². The first kappa shape index (κ1) is 12.3. The van der Waals surface area contributed by atoms with E-state index < -0.39 is 0 Å². The van der Waals surface area contributed by atoms with Crippen LogP contribution in [0.4, 0.5) is 5.69 Å². The molecule has 0 aliphatic heterocycles. The number of nitrogens with one attached hydrogen (secondary N) is 1. The summed E-state index contributed by atoms with van der Waals surface area (Å²) in [6, 6.07) is 4.66. The van der Waals surface area contributed by atoms with Crippen LogP contribution in [0.2, 0.25) is 5.02 Å². The summed E-state index contributed by atoms with van der Waals surface area (Å²) in [6.45, 7) is 3.64. The van der Waals surface area contributed by atoms with Crippen molar-refractivity contribution in [2.45, 2.75) is 19.9 Å². The van der Waals surface area contributed by atoms with Gasteiger partial charge in [0.15, 0.2) is 0 Å². The van der Waals surface area contributed by atoms with Gasteiger partial charge in [-0.25, -0.2) is 0 Å². The second kappa shape index (κ2) is 5.02. The van der Waals surface area contributed by atoms with Crippen molar-refractivity contribution < 1.29 is 4.92 Å². The van der Waals surface area contributed by atoms with E-state index in [-0.39, 0.29) is 10.6 Å². The molecule has 0 radical (unpaired) electrons. The van der Waals surface area contributed by atoms with Crippen LogP contribution >= 0.6 is 11.6 Å². The molecule has 1 fully saturated rings. The number of rotatable bonds is 5. The number of nitrogens with zero attached hydrogens (tertiary/aromatic N) is 1. The lowest BCUT2D eigenvalue weighted by atomic mass is 10.2. The smallest absolute Gasteiger partial charge is 0.273 e. The summed E-state index contributed by atoms with van der Waals surface area (Å²) in [5.74, 6) is 1.52. The quantitative estimate of drug-likeness (QED) is 0.649. The normalized spacial score (nSPS) is 22.5. The number of benzene rings is 1. The Bertz CT molecular complexity index is 437. The Morgan fingerprint density at radius 3 is 2.88 bits per heavy atom. The number of hydrogen-bond donors (Lipinski definition) is 1. The van der Waals surface area contributed by atoms with Gasteiger partial charge in [-0.05, 0) is 36.9 Å². The summed E-state index contributed by atoms with van der Waals surface area (Å²) >= 11 is 5.85. The summed E-state index contributed by atoms with van der Waals surface area (Å²) < 4.78 is 0. The van der Waals surface area contributed by atoms with Crippen molar-refractivity contribution in [3.8, 4) is 0 Å². The predicted octanol–water partition coefficient (Wildman–Crippen LogP) is 2.99. The third-order valence-corrected chi connectivity index (χ3v) is 3.47. The van der Waals surface area contributed by atoms with E-state index in [0.29, 0.717) is 17.1 Å². The van der Waals surface area contributed by atoms with E-state index in [9.17, 15) is 10.1 Å². The van der Waals surface area contributed by atoms with E-state index in [4.69, 9.17) is 11.6 Å². The van der Waals surface area contributed by atoms with E-state index in [0.717, 1.165) is 18.4 Å². The third kappa shape index (κ3) is 3.17. The van der Waals surface area contributed by atoms with Crippen molar-refractivity contribution in [3.63, 3.8) is 0 Å². The van der Waals surface area contributed by atoms with Gasteiger partial charge >= 0.3 is 0 Å². The molecule has 92 valence electrons. The van der Waals surface area contributed by atoms with E-state index in [1.807, 2.05) is 0 Å². The van der Waals surface area contributed by atoms with Crippen molar-refractivity contribution in [1.82, 2.24) is 5.32 Å². The lowest BCUT2D eigenvalue weighted by molar-refractivity contribution is -0.385. The summed E-state index contributed by atoms with van der Waals surface area (Å²) in [5, 5.41) is 14.6. The second-order valence-corrected chi connectivity index (χ2v) is 5.07. The van der Waals surface area contributed by atoms with Gasteiger partial charge in [0.2, 0.25) is 0 Å². The first-order valence-electron chi connectivity index (χ1n) is 5.71. The topological polar surface area (TPSA) is 55.2 Å². The largest absolute Gasteiger partial charge is 0.312 e. The molecule has 1 aromatic rings. The molecule has 1 N–H and O–H groups in total. The van der Waals surface area contributed by atoms with E-state index in [1.54, 1.807) is 12.1 Å². The first-order chi connectivity index (χ1) is 8.08. The van der Waals surface area contributed by atoms with Gasteiger partial charge in [0.25, 0.3) is 5.69 Å². The van der Waals surface area contributed by atoms with Gasteiger partial charge in [0, 0.05) is 23.2 Å². The molecule has 1 aromatic carbocycles. The van der Waals surface area contributed by atoms with Crippen LogP contribution in [-0.2, 0) is 6.54 Å². The molecule has 1 aliphatic rings. The third-order valence-electron chi connectivity index (χ3n) is 3.24. The SMILES string of the molecule is CC1CC1CNCc1cc(Cl)ccc1[N+](=O)[O-]. The van der Waals surface area contributed by atoms with Crippen LogP contribution in [0.15, 0.2) is 18.2 Å². The fourth-order valence-electron chi connectivity index (χ4n) is 1.95. The fourth-order valence-corrected chi connectivity index (χ4v) is 2.14. The molecular formula is C12H15ClN2O2. The molecule has 5 heteroatoms. The minimum Gasteiger partial charge on any atom is -0.312 e. The predicted molar refractivity (Wildman–Crippen MR) is 67.1 cm³/mol. The van der Waals surface area contributed by atoms with Crippen molar-refractivity contribution >= 4 is 17.3 Å². The molecule has 0 amide bonds. The molecule has 0 bridgehead atoms. The first-order valence-corrected chi connectivity index (χ1v) is 6.09. The Morgan fingerprint density at radius 1 is 1.59 bits per heavy atom. The zero-order valence-corrected chi connectivity index (χ0v) is 10.4. The molecule has 0 spiro atoms. The maximum atomic E-state index is 10.8. The molecular weight excluding hydrogens is 240 g/mol. The van der Waals surface area contributed by atoms with Gasteiger partial charge in [-0.15, -0.1) is 0 Å². The average Bonchev–Trinajstić information content (AvgIpc) is 2.94. The number of hydrogen-bond acceptors (Lipinski definition) is 3. The van der Waals surface area contributed by atoms with Crippen molar-refractivity contribution in [1.29, 1.82) is 0 Å². The van der Waals surface area contributed by atoms with E-state index >= 15 is 0 Å². The van der Waals surface area contributed by atoms with Gasteiger partial charge in [-0.1, -0.05) is 18.5 Å². The Balaban J connectivity index is 1.97. The number of nitro benzene ring substituents is 1. The van der Waals surface area contributed by atoms with Crippen LogP contribution in [0, 0.1) is 22.0 Å². The summed E-state index contributed by atoms with van der Waals surface area (Å²) in [7, 11) is 0. The minimum atomic E-state index is -0.368. The van der Waals surface area contributed by atoms with Gasteiger partial charge in [0.1, 0.15) is 0 Å². The Labute approximate surface area is 105 Å². The van der Waals surface area contributed by atoms with Crippen LogP contribution in [0.25, 0.3) is 0 Å². The summed E-state index contributed by atoms with van der Waals surface area (Å²) in [5.41, 5.74) is 0.779. The van der Waals surface area contributed by atoms with Crippen LogP contribution in [0.3, 0.4) is 0 Å². The zero-order chi connectivity index (χ0) is 12.4. The average molecular weight is 255 g/mol. The second-order valence-electron chi connectivity index (χ2n) is 4.63. The Hall–Kier alpha value is -1.13. The van der Waals surface area contributed by atoms with Crippen molar-refractivity contribution in [3.05, 3.63) is 38.9 Å². The Kier molecular flexibility index (Phi) is 3.64.